The molecule has 4 aliphatic rings. The minimum absolute atomic E-state index is 0.00487. The third-order valence-electron chi connectivity index (χ3n) is 7.02. The fourth-order valence-corrected chi connectivity index (χ4v) is 5.22. The van der Waals surface area contributed by atoms with Gasteiger partial charge in [0.1, 0.15) is 6.61 Å². The molecule has 0 unspecified atom stereocenters. The van der Waals surface area contributed by atoms with Gasteiger partial charge in [-0.05, 0) is 25.7 Å². The number of nitrogens with zero attached hydrogens (tertiary/aromatic N) is 3. The first-order valence-electron chi connectivity index (χ1n) is 11.3. The molecular formula is C20H24F6N4O5. The molecule has 0 aromatic carbocycles. The van der Waals surface area contributed by atoms with E-state index < -0.39 is 31.0 Å². The first-order chi connectivity index (χ1) is 16.3. The Morgan fingerprint density at radius 2 is 1.57 bits per heavy atom. The van der Waals surface area contributed by atoms with Crippen molar-refractivity contribution in [1.82, 2.24) is 15.5 Å². The van der Waals surface area contributed by atoms with Crippen LogP contribution in [0.2, 0.25) is 0 Å². The van der Waals surface area contributed by atoms with E-state index in [2.05, 4.69) is 25.0 Å². The number of nitrogens with one attached hydrogen (secondary N) is 1. The zero-order chi connectivity index (χ0) is 25.0. The van der Waals surface area contributed by atoms with Crippen LogP contribution in [0.1, 0.15) is 50.3 Å². The minimum Gasteiger partial charge on any atom is -0.408 e. The molecule has 1 amide bonds. The molecule has 1 aromatic rings. The Labute approximate surface area is 195 Å². The van der Waals surface area contributed by atoms with Crippen molar-refractivity contribution in [3.05, 3.63) is 5.89 Å². The molecular weight excluding hydrogens is 490 g/mol. The van der Waals surface area contributed by atoms with E-state index in [0.29, 0.717) is 25.0 Å². The normalized spacial score (nSPS) is 30.3. The zero-order valence-corrected chi connectivity index (χ0v) is 18.4. The van der Waals surface area contributed by atoms with E-state index in [1.807, 2.05) is 4.90 Å². The van der Waals surface area contributed by atoms with E-state index in [-0.39, 0.29) is 55.6 Å². The quantitative estimate of drug-likeness (QED) is 0.529. The smallest absolute Gasteiger partial charge is 0.408 e. The van der Waals surface area contributed by atoms with Crippen LogP contribution in [0.4, 0.5) is 32.4 Å². The van der Waals surface area contributed by atoms with Gasteiger partial charge in [-0.25, -0.2) is 0 Å². The predicted molar refractivity (Wildman–Crippen MR) is 103 cm³/mol. The van der Waals surface area contributed by atoms with Crippen molar-refractivity contribution in [1.29, 1.82) is 0 Å². The second-order valence-electron chi connectivity index (χ2n) is 9.90. The number of carbonyl (C=O) groups excluding carboxylic acids is 1. The van der Waals surface area contributed by atoms with Gasteiger partial charge in [0.05, 0.1) is 18.3 Å². The molecule has 3 aliphatic carbocycles. The number of rotatable bonds is 8. The first kappa shape index (κ1) is 24.6. The monoisotopic (exact) mass is 514 g/mol. The maximum atomic E-state index is 12.2. The summed E-state index contributed by atoms with van der Waals surface area (Å²) in [6.07, 6.45) is -9.43. The van der Waals surface area contributed by atoms with Crippen LogP contribution in [0.3, 0.4) is 0 Å². The van der Waals surface area contributed by atoms with Gasteiger partial charge in [0.2, 0.25) is 11.8 Å². The van der Waals surface area contributed by atoms with E-state index in [1.165, 1.54) is 0 Å². The number of ether oxygens (including phenoxy) is 3. The Morgan fingerprint density at radius 1 is 0.971 bits per heavy atom. The molecule has 1 N–H and O–H groups in total. The maximum Gasteiger partial charge on any atom is 0.522 e. The van der Waals surface area contributed by atoms with E-state index in [1.54, 1.807) is 0 Å². The van der Waals surface area contributed by atoms with Crippen molar-refractivity contribution in [2.24, 2.45) is 5.41 Å². The van der Waals surface area contributed by atoms with Gasteiger partial charge in [-0.2, -0.15) is 0 Å². The molecule has 0 atom stereocenters. The molecule has 15 heteroatoms. The van der Waals surface area contributed by atoms with Gasteiger partial charge < -0.3 is 19.4 Å². The molecule has 1 aromatic heterocycles. The maximum absolute atomic E-state index is 12.2. The van der Waals surface area contributed by atoms with Gasteiger partial charge in [0, 0.05) is 43.3 Å². The summed E-state index contributed by atoms with van der Waals surface area (Å²) in [4.78, 5) is 13.9. The van der Waals surface area contributed by atoms with Crippen LogP contribution in [0.5, 0.6) is 0 Å². The number of aromatic nitrogens is 2. The summed E-state index contributed by atoms with van der Waals surface area (Å²) in [7, 11) is 0. The summed E-state index contributed by atoms with van der Waals surface area (Å²) in [5, 5.41) is 10.8. The van der Waals surface area contributed by atoms with E-state index >= 15 is 0 Å². The second-order valence-corrected chi connectivity index (χ2v) is 9.90. The van der Waals surface area contributed by atoms with Gasteiger partial charge in [0.25, 0.3) is 0 Å². The van der Waals surface area contributed by atoms with Gasteiger partial charge in [-0.3, -0.25) is 14.3 Å². The molecule has 5 rings (SSSR count). The Morgan fingerprint density at radius 3 is 2.17 bits per heavy atom. The Bertz CT molecular complexity index is 914. The topological polar surface area (TPSA) is 99.0 Å². The molecule has 9 nitrogen and oxygen atoms in total. The van der Waals surface area contributed by atoms with Crippen molar-refractivity contribution < 1.29 is 49.8 Å². The van der Waals surface area contributed by atoms with E-state index in [9.17, 15) is 31.1 Å². The van der Waals surface area contributed by atoms with Gasteiger partial charge in [0.15, 0.2) is 0 Å². The van der Waals surface area contributed by atoms with E-state index in [4.69, 9.17) is 9.15 Å². The van der Waals surface area contributed by atoms with Crippen LogP contribution < -0.4 is 10.2 Å². The van der Waals surface area contributed by atoms with E-state index in [0.717, 1.165) is 12.8 Å². The molecule has 1 spiro atoms. The number of amides is 1. The lowest BCUT2D eigenvalue weighted by Crippen LogP contribution is -2.67. The van der Waals surface area contributed by atoms with Gasteiger partial charge in [-0.15, -0.1) is 31.4 Å². The second kappa shape index (κ2) is 8.76. The highest BCUT2D eigenvalue weighted by molar-refractivity contribution is 5.77. The van der Waals surface area contributed by atoms with Crippen LogP contribution in [0.25, 0.3) is 0 Å². The number of hydrogen-bond acceptors (Lipinski definition) is 8. The molecule has 35 heavy (non-hydrogen) atoms. The molecule has 1 saturated heterocycles. The molecule has 0 bridgehead atoms. The highest BCUT2D eigenvalue weighted by Crippen LogP contribution is 2.50. The number of halogens is 6. The molecule has 3 saturated carbocycles. The van der Waals surface area contributed by atoms with Crippen molar-refractivity contribution in [3.8, 4) is 0 Å². The Kier molecular flexibility index (Phi) is 6.15. The third kappa shape index (κ3) is 5.82. The van der Waals surface area contributed by atoms with Crippen molar-refractivity contribution in [2.75, 3.05) is 24.6 Å². The first-order valence-corrected chi connectivity index (χ1v) is 11.3. The summed E-state index contributed by atoms with van der Waals surface area (Å²) >= 11 is 0. The lowest BCUT2D eigenvalue weighted by atomic mass is 9.61. The van der Waals surface area contributed by atoms with Crippen LogP contribution in [0.15, 0.2) is 4.42 Å². The number of anilines is 1. The molecule has 0 radical (unpaired) electrons. The van der Waals surface area contributed by atoms with Gasteiger partial charge in [-0.1, -0.05) is 5.10 Å². The summed E-state index contributed by atoms with van der Waals surface area (Å²) in [5.41, 5.74) is 0.0334. The fraction of sp³-hybridized carbons (Fsp3) is 0.850. The molecule has 196 valence electrons. The average molecular weight is 514 g/mol. The highest BCUT2D eigenvalue weighted by atomic mass is 19.4. The zero-order valence-electron chi connectivity index (χ0n) is 18.4. The van der Waals surface area contributed by atoms with Crippen molar-refractivity contribution in [2.45, 2.75) is 81.5 Å². The molecule has 2 heterocycles. The molecule has 4 fully saturated rings. The highest BCUT2D eigenvalue weighted by Gasteiger charge is 2.54. The minimum atomic E-state index is -4.66. The fourth-order valence-electron chi connectivity index (χ4n) is 5.22. The number of hydrogen-bond donors (Lipinski definition) is 1. The summed E-state index contributed by atoms with van der Waals surface area (Å²) in [6.45, 7) is 1.13. The predicted octanol–water partition coefficient (Wildman–Crippen LogP) is 3.02. The summed E-state index contributed by atoms with van der Waals surface area (Å²) in [6, 6.07) is 0.328. The number of carbonyl (C=O) groups is 1. The lowest BCUT2D eigenvalue weighted by molar-refractivity contribution is -0.357. The standard InChI is InChI=1S/C20H24F6N4O5/c21-19(22,23)34-13-1-10(2-13)16-28-29-17(33-16)30-8-18(9-30)5-11(6-18)27-15(31)7-32-12-3-14(4-12)35-20(24,25)26/h10-14H,1-9H2,(H,27,31)/t10-,12-,13-,14+. The van der Waals surface area contributed by atoms with Crippen LogP contribution in [-0.2, 0) is 19.0 Å². The van der Waals surface area contributed by atoms with Gasteiger partial charge >= 0.3 is 18.7 Å². The Balaban J connectivity index is 0.955. The lowest BCUT2D eigenvalue weighted by Gasteiger charge is -2.58. The SMILES string of the molecule is O=C(CO[C@H]1C[C@@H](OC(F)(F)F)C1)NC1CC2(C1)CN(c1nnc([C@H]3C[C@H](OC(F)(F)F)C3)o1)C2. The number of alkyl halides is 6. The third-order valence-corrected chi connectivity index (χ3v) is 7.02. The van der Waals surface area contributed by atoms with Crippen LogP contribution >= 0.6 is 0 Å². The van der Waals surface area contributed by atoms with Crippen molar-refractivity contribution >= 4 is 11.9 Å². The van der Waals surface area contributed by atoms with Crippen LogP contribution in [-0.4, -0.2) is 72.9 Å². The average Bonchev–Trinajstić information content (AvgIpc) is 3.07. The van der Waals surface area contributed by atoms with Crippen molar-refractivity contribution in [3.63, 3.8) is 0 Å². The summed E-state index contributed by atoms with van der Waals surface area (Å²) < 4.78 is 91.8. The molecule has 1 aliphatic heterocycles. The largest absolute Gasteiger partial charge is 0.522 e. The van der Waals surface area contributed by atoms with Crippen LogP contribution in [0, 0.1) is 5.41 Å². The Hall–Kier alpha value is -2.13. The summed E-state index contributed by atoms with van der Waals surface area (Å²) in [5.74, 6) is -0.243.